The summed E-state index contributed by atoms with van der Waals surface area (Å²) in [5, 5.41) is 0. The molecular formula is C14H17F3O. The molecular weight excluding hydrogens is 241 g/mol. The fourth-order valence-corrected chi connectivity index (χ4v) is 1.84. The molecule has 4 heteroatoms. The van der Waals surface area contributed by atoms with E-state index in [1.807, 2.05) is 0 Å². The van der Waals surface area contributed by atoms with Crippen LogP contribution in [0, 0.1) is 11.3 Å². The second-order valence-electron chi connectivity index (χ2n) is 5.45. The maximum absolute atomic E-state index is 12.9. The van der Waals surface area contributed by atoms with Crippen LogP contribution in [0.3, 0.4) is 0 Å². The van der Waals surface area contributed by atoms with Crippen molar-refractivity contribution in [2.45, 2.75) is 33.4 Å². The molecule has 1 nitrogen and oxygen atoms in total. The lowest BCUT2D eigenvalue weighted by Crippen LogP contribution is -2.36. The van der Waals surface area contributed by atoms with Crippen LogP contribution in [0.25, 0.3) is 0 Å². The van der Waals surface area contributed by atoms with E-state index in [2.05, 4.69) is 0 Å². The van der Waals surface area contributed by atoms with Gasteiger partial charge in [-0.05, 0) is 5.41 Å². The Bertz CT molecular complexity index is 387. The van der Waals surface area contributed by atoms with Gasteiger partial charge in [0.15, 0.2) is 5.78 Å². The molecule has 0 aliphatic carbocycles. The number of carbonyl (C=O) groups excluding carboxylic acids is 1. The third kappa shape index (κ3) is 3.86. The first-order chi connectivity index (χ1) is 8.12. The molecule has 0 spiro atoms. The minimum atomic E-state index is -4.36. The normalized spacial score (nSPS) is 14.3. The van der Waals surface area contributed by atoms with E-state index in [9.17, 15) is 18.0 Å². The summed E-state index contributed by atoms with van der Waals surface area (Å²) in [6, 6.07) is 8.10. The molecule has 0 amide bonds. The molecule has 0 aliphatic rings. The number of Topliss-reactive ketones (excluding diaryl/α,β-unsaturated/α-hetero) is 1. The topological polar surface area (TPSA) is 17.1 Å². The van der Waals surface area contributed by atoms with E-state index in [0.717, 1.165) is 0 Å². The minimum Gasteiger partial charge on any atom is -0.294 e. The molecule has 0 aliphatic heterocycles. The van der Waals surface area contributed by atoms with E-state index < -0.39 is 29.7 Å². The van der Waals surface area contributed by atoms with Crippen LogP contribution in [0.5, 0.6) is 0 Å². The fourth-order valence-electron chi connectivity index (χ4n) is 1.84. The molecule has 1 atom stereocenters. The van der Waals surface area contributed by atoms with Crippen LogP contribution in [-0.4, -0.2) is 12.0 Å². The molecule has 0 bridgehead atoms. The van der Waals surface area contributed by atoms with E-state index in [1.54, 1.807) is 30.3 Å². The predicted octanol–water partition coefficient (Wildman–Crippen LogP) is 4.48. The maximum atomic E-state index is 12.9. The van der Waals surface area contributed by atoms with E-state index in [1.165, 1.54) is 20.8 Å². The van der Waals surface area contributed by atoms with Crippen LogP contribution >= 0.6 is 0 Å². The maximum Gasteiger partial charge on any atom is 0.392 e. The van der Waals surface area contributed by atoms with Crippen molar-refractivity contribution in [3.8, 4) is 0 Å². The highest BCUT2D eigenvalue weighted by molar-refractivity contribution is 5.96. The molecule has 1 unspecified atom stereocenters. The van der Waals surface area contributed by atoms with Crippen molar-refractivity contribution in [2.24, 2.45) is 11.3 Å². The number of benzene rings is 1. The largest absolute Gasteiger partial charge is 0.392 e. The SMILES string of the molecule is CC(C)(C)C(CC(=O)c1ccccc1)C(F)(F)F. The van der Waals surface area contributed by atoms with Gasteiger partial charge in [-0.15, -0.1) is 0 Å². The summed E-state index contributed by atoms with van der Waals surface area (Å²) in [5.41, 5.74) is -0.654. The molecule has 0 saturated heterocycles. The molecule has 1 rings (SSSR count). The Kier molecular flexibility index (Phi) is 4.20. The van der Waals surface area contributed by atoms with Gasteiger partial charge >= 0.3 is 6.18 Å². The number of hydrogen-bond acceptors (Lipinski definition) is 1. The summed E-state index contributed by atoms with van der Waals surface area (Å²) in [6.45, 7) is 4.51. The summed E-state index contributed by atoms with van der Waals surface area (Å²) in [7, 11) is 0. The first kappa shape index (κ1) is 14.7. The zero-order valence-electron chi connectivity index (χ0n) is 10.7. The van der Waals surface area contributed by atoms with E-state index in [-0.39, 0.29) is 0 Å². The second-order valence-corrected chi connectivity index (χ2v) is 5.45. The van der Waals surface area contributed by atoms with Gasteiger partial charge < -0.3 is 0 Å². The Labute approximate surface area is 105 Å². The molecule has 0 fully saturated rings. The number of halogens is 3. The monoisotopic (exact) mass is 258 g/mol. The molecule has 0 aromatic heterocycles. The number of carbonyl (C=O) groups is 1. The number of ketones is 1. The average Bonchev–Trinajstić information content (AvgIpc) is 2.23. The van der Waals surface area contributed by atoms with Crippen LogP contribution < -0.4 is 0 Å². The van der Waals surface area contributed by atoms with Gasteiger partial charge in [0.25, 0.3) is 0 Å². The van der Waals surface area contributed by atoms with Crippen molar-refractivity contribution in [2.75, 3.05) is 0 Å². The Morgan fingerprint density at radius 1 is 1.11 bits per heavy atom. The fraction of sp³-hybridized carbons (Fsp3) is 0.500. The minimum absolute atomic E-state index is 0.330. The van der Waals surface area contributed by atoms with Gasteiger partial charge in [-0.1, -0.05) is 51.1 Å². The average molecular weight is 258 g/mol. The first-order valence-corrected chi connectivity index (χ1v) is 5.77. The van der Waals surface area contributed by atoms with Crippen LogP contribution in [0.1, 0.15) is 37.6 Å². The van der Waals surface area contributed by atoms with Crippen LogP contribution in [0.4, 0.5) is 13.2 Å². The third-order valence-corrected chi connectivity index (χ3v) is 2.93. The number of rotatable bonds is 3. The summed E-state index contributed by atoms with van der Waals surface area (Å²) in [4.78, 5) is 11.8. The summed E-state index contributed by atoms with van der Waals surface area (Å²) in [6.07, 6.45) is -4.86. The molecule has 1 aromatic carbocycles. The standard InChI is InChI=1S/C14H17F3O/c1-13(2,3)12(14(15,16)17)9-11(18)10-7-5-4-6-8-10/h4-8,12H,9H2,1-3H3. The Balaban J connectivity index is 2.90. The lowest BCUT2D eigenvalue weighted by Gasteiger charge is -2.32. The number of alkyl halides is 3. The third-order valence-electron chi connectivity index (χ3n) is 2.93. The smallest absolute Gasteiger partial charge is 0.294 e. The lowest BCUT2D eigenvalue weighted by atomic mass is 9.77. The van der Waals surface area contributed by atoms with Crippen molar-refractivity contribution in [3.05, 3.63) is 35.9 Å². The molecule has 0 radical (unpaired) electrons. The van der Waals surface area contributed by atoms with Crippen molar-refractivity contribution in [1.82, 2.24) is 0 Å². The van der Waals surface area contributed by atoms with Crippen molar-refractivity contribution >= 4 is 5.78 Å². The molecule has 1 aromatic rings. The summed E-state index contributed by atoms with van der Waals surface area (Å²) in [5.74, 6) is -2.09. The van der Waals surface area contributed by atoms with E-state index in [4.69, 9.17) is 0 Å². The molecule has 100 valence electrons. The highest BCUT2D eigenvalue weighted by Crippen LogP contribution is 2.42. The van der Waals surface area contributed by atoms with Crippen molar-refractivity contribution in [1.29, 1.82) is 0 Å². The molecule has 0 saturated carbocycles. The summed E-state index contributed by atoms with van der Waals surface area (Å²) < 4.78 is 38.8. The van der Waals surface area contributed by atoms with Crippen LogP contribution in [0.2, 0.25) is 0 Å². The van der Waals surface area contributed by atoms with Gasteiger partial charge in [-0.3, -0.25) is 4.79 Å². The zero-order valence-corrected chi connectivity index (χ0v) is 10.7. The Morgan fingerprint density at radius 3 is 2.00 bits per heavy atom. The highest BCUT2D eigenvalue weighted by atomic mass is 19.4. The van der Waals surface area contributed by atoms with E-state index in [0.29, 0.717) is 5.56 Å². The molecule has 0 N–H and O–H groups in total. The van der Waals surface area contributed by atoms with Gasteiger partial charge in [0.1, 0.15) is 0 Å². The second kappa shape index (κ2) is 5.12. The van der Waals surface area contributed by atoms with Crippen LogP contribution in [-0.2, 0) is 0 Å². The van der Waals surface area contributed by atoms with Gasteiger partial charge in [0.05, 0.1) is 5.92 Å². The first-order valence-electron chi connectivity index (χ1n) is 5.77. The predicted molar refractivity (Wildman–Crippen MR) is 64.4 cm³/mol. The van der Waals surface area contributed by atoms with Gasteiger partial charge in [-0.2, -0.15) is 13.2 Å². The Hall–Kier alpha value is -1.32. The molecule has 0 heterocycles. The van der Waals surface area contributed by atoms with Crippen molar-refractivity contribution < 1.29 is 18.0 Å². The Morgan fingerprint density at radius 2 is 1.61 bits per heavy atom. The molecule has 18 heavy (non-hydrogen) atoms. The van der Waals surface area contributed by atoms with Gasteiger partial charge in [0, 0.05) is 12.0 Å². The van der Waals surface area contributed by atoms with Gasteiger partial charge in [0.2, 0.25) is 0 Å². The van der Waals surface area contributed by atoms with Gasteiger partial charge in [-0.25, -0.2) is 0 Å². The highest BCUT2D eigenvalue weighted by Gasteiger charge is 2.47. The van der Waals surface area contributed by atoms with Crippen molar-refractivity contribution in [3.63, 3.8) is 0 Å². The summed E-state index contributed by atoms with van der Waals surface area (Å²) >= 11 is 0. The lowest BCUT2D eigenvalue weighted by molar-refractivity contribution is -0.199. The zero-order chi connectivity index (χ0) is 14.0. The van der Waals surface area contributed by atoms with E-state index >= 15 is 0 Å². The number of hydrogen-bond donors (Lipinski definition) is 0. The quantitative estimate of drug-likeness (QED) is 0.730. The van der Waals surface area contributed by atoms with Crippen LogP contribution in [0.15, 0.2) is 30.3 Å².